The lowest BCUT2D eigenvalue weighted by Gasteiger charge is -2.41. The number of nitrogens with zero attached hydrogens (tertiary/aromatic N) is 2. The van der Waals surface area contributed by atoms with Crippen LogP contribution in [0.5, 0.6) is 0 Å². The van der Waals surface area contributed by atoms with Gasteiger partial charge in [-0.2, -0.15) is 0 Å². The Balaban J connectivity index is 1.99. The van der Waals surface area contributed by atoms with Crippen molar-refractivity contribution in [2.24, 2.45) is 23.0 Å². The standard InChI is InChI=1S/C28H51N3/c1-8-23(4)27(29)21-30-18-15-26(16-19-30)31(20-14-22(2)3)25-11-9-24(10-12-25)13-17-28(5,6)7/h9-12,22-23,26-27H,8,13-21,29H2,1-7H3/t23?,27-/m1/s1. The van der Waals surface area contributed by atoms with Crippen LogP contribution in [0.15, 0.2) is 24.3 Å². The van der Waals surface area contributed by atoms with Gasteiger partial charge in [0, 0.05) is 44.0 Å². The molecule has 3 heteroatoms. The zero-order chi connectivity index (χ0) is 23.0. The summed E-state index contributed by atoms with van der Waals surface area (Å²) < 4.78 is 0. The molecular formula is C28H51N3. The van der Waals surface area contributed by atoms with E-state index in [9.17, 15) is 0 Å². The van der Waals surface area contributed by atoms with Crippen molar-refractivity contribution in [3.63, 3.8) is 0 Å². The maximum atomic E-state index is 6.44. The summed E-state index contributed by atoms with van der Waals surface area (Å²) in [7, 11) is 0. The normalized spacial score (nSPS) is 18.4. The third-order valence-electron chi connectivity index (χ3n) is 7.22. The van der Waals surface area contributed by atoms with Gasteiger partial charge in [-0.05, 0) is 67.1 Å². The summed E-state index contributed by atoms with van der Waals surface area (Å²) in [4.78, 5) is 5.31. The average Bonchev–Trinajstić information content (AvgIpc) is 2.73. The van der Waals surface area contributed by atoms with E-state index in [0.29, 0.717) is 23.4 Å². The van der Waals surface area contributed by atoms with Crippen LogP contribution in [0.4, 0.5) is 5.69 Å². The van der Waals surface area contributed by atoms with Crippen molar-refractivity contribution in [1.29, 1.82) is 0 Å². The fraction of sp³-hybridized carbons (Fsp3) is 0.786. The van der Waals surface area contributed by atoms with E-state index >= 15 is 0 Å². The lowest BCUT2D eigenvalue weighted by molar-refractivity contribution is 0.183. The second-order valence-corrected chi connectivity index (χ2v) is 11.7. The molecule has 1 fully saturated rings. The minimum atomic E-state index is 0.305. The van der Waals surface area contributed by atoms with Crippen LogP contribution in [0, 0.1) is 17.3 Å². The predicted molar refractivity (Wildman–Crippen MR) is 138 cm³/mol. The van der Waals surface area contributed by atoms with E-state index in [1.54, 1.807) is 0 Å². The monoisotopic (exact) mass is 429 g/mol. The van der Waals surface area contributed by atoms with Gasteiger partial charge in [0.2, 0.25) is 0 Å². The van der Waals surface area contributed by atoms with Gasteiger partial charge < -0.3 is 15.5 Å². The third kappa shape index (κ3) is 9.14. The van der Waals surface area contributed by atoms with Crippen molar-refractivity contribution in [3.05, 3.63) is 29.8 Å². The summed E-state index contributed by atoms with van der Waals surface area (Å²) in [5.74, 6) is 1.35. The van der Waals surface area contributed by atoms with E-state index in [-0.39, 0.29) is 0 Å². The molecule has 1 heterocycles. The molecule has 1 aromatic carbocycles. The molecule has 178 valence electrons. The predicted octanol–water partition coefficient (Wildman–Crippen LogP) is 6.36. The number of aryl methyl sites for hydroxylation is 1. The van der Waals surface area contributed by atoms with Crippen LogP contribution < -0.4 is 10.6 Å². The third-order valence-corrected chi connectivity index (χ3v) is 7.22. The van der Waals surface area contributed by atoms with E-state index in [0.717, 1.165) is 19.0 Å². The van der Waals surface area contributed by atoms with Crippen molar-refractivity contribution in [1.82, 2.24) is 4.90 Å². The van der Waals surface area contributed by atoms with E-state index in [1.807, 2.05) is 0 Å². The number of benzene rings is 1. The average molecular weight is 430 g/mol. The first-order valence-electron chi connectivity index (χ1n) is 12.9. The molecule has 1 aliphatic heterocycles. The molecule has 1 aromatic rings. The molecule has 2 atom stereocenters. The summed E-state index contributed by atoms with van der Waals surface area (Å²) >= 11 is 0. The summed E-state index contributed by atoms with van der Waals surface area (Å²) in [6, 6.07) is 10.4. The van der Waals surface area contributed by atoms with Gasteiger partial charge in [0.15, 0.2) is 0 Å². The van der Waals surface area contributed by atoms with Crippen molar-refractivity contribution in [2.45, 2.75) is 99.1 Å². The van der Waals surface area contributed by atoms with Crippen LogP contribution in [0.1, 0.15) is 86.1 Å². The van der Waals surface area contributed by atoms with Crippen LogP contribution in [0.3, 0.4) is 0 Å². The Hall–Kier alpha value is -1.06. The Morgan fingerprint density at radius 3 is 2.19 bits per heavy atom. The van der Waals surface area contributed by atoms with Crippen LogP contribution in [0.25, 0.3) is 0 Å². The van der Waals surface area contributed by atoms with Crippen LogP contribution in [0.2, 0.25) is 0 Å². The summed E-state index contributed by atoms with van der Waals surface area (Å²) in [5.41, 5.74) is 9.72. The number of piperidine rings is 1. The lowest BCUT2D eigenvalue weighted by Crippen LogP contribution is -2.49. The molecule has 0 spiro atoms. The van der Waals surface area contributed by atoms with Gasteiger partial charge in [-0.25, -0.2) is 0 Å². The second kappa shape index (κ2) is 12.3. The zero-order valence-electron chi connectivity index (χ0n) is 21.7. The van der Waals surface area contributed by atoms with Crippen molar-refractivity contribution >= 4 is 5.69 Å². The molecule has 1 saturated heterocycles. The molecule has 1 aliphatic rings. The van der Waals surface area contributed by atoms with Gasteiger partial charge in [0.1, 0.15) is 0 Å². The number of nitrogens with two attached hydrogens (primary N) is 1. The number of rotatable bonds is 11. The Kier molecular flexibility index (Phi) is 10.4. The molecule has 0 radical (unpaired) electrons. The summed E-state index contributed by atoms with van der Waals surface area (Å²) in [5, 5.41) is 0. The molecule has 2 rings (SSSR count). The number of hydrogen-bond acceptors (Lipinski definition) is 3. The molecular weight excluding hydrogens is 378 g/mol. The minimum absolute atomic E-state index is 0.305. The van der Waals surface area contributed by atoms with Gasteiger partial charge in [0.25, 0.3) is 0 Å². The van der Waals surface area contributed by atoms with E-state index in [2.05, 4.69) is 82.5 Å². The second-order valence-electron chi connectivity index (χ2n) is 11.7. The SMILES string of the molecule is CCC(C)[C@H](N)CN1CCC(N(CCC(C)C)c2ccc(CCC(C)(C)C)cc2)CC1. The van der Waals surface area contributed by atoms with Gasteiger partial charge in [-0.3, -0.25) is 0 Å². The number of anilines is 1. The van der Waals surface area contributed by atoms with Gasteiger partial charge in [-0.1, -0.05) is 67.0 Å². The van der Waals surface area contributed by atoms with E-state index < -0.39 is 0 Å². The number of likely N-dealkylation sites (tertiary alicyclic amines) is 1. The Morgan fingerprint density at radius 2 is 1.68 bits per heavy atom. The quantitative estimate of drug-likeness (QED) is 0.444. The Labute approximate surface area is 193 Å². The fourth-order valence-electron chi connectivity index (χ4n) is 4.49. The summed E-state index contributed by atoms with van der Waals surface area (Å²) in [6.45, 7) is 20.8. The maximum Gasteiger partial charge on any atom is 0.0368 e. The highest BCUT2D eigenvalue weighted by molar-refractivity contribution is 5.49. The first-order chi connectivity index (χ1) is 14.6. The Morgan fingerprint density at radius 1 is 1.06 bits per heavy atom. The van der Waals surface area contributed by atoms with Gasteiger partial charge in [-0.15, -0.1) is 0 Å². The van der Waals surface area contributed by atoms with Crippen molar-refractivity contribution in [2.75, 3.05) is 31.1 Å². The molecule has 0 aromatic heterocycles. The molecule has 2 N–H and O–H groups in total. The van der Waals surface area contributed by atoms with Crippen LogP contribution >= 0.6 is 0 Å². The van der Waals surface area contributed by atoms with E-state index in [1.165, 1.54) is 62.9 Å². The topological polar surface area (TPSA) is 32.5 Å². The first kappa shape index (κ1) is 26.2. The molecule has 3 nitrogen and oxygen atoms in total. The van der Waals surface area contributed by atoms with Crippen molar-refractivity contribution < 1.29 is 0 Å². The van der Waals surface area contributed by atoms with E-state index in [4.69, 9.17) is 5.73 Å². The maximum absolute atomic E-state index is 6.44. The highest BCUT2D eigenvalue weighted by Gasteiger charge is 2.26. The summed E-state index contributed by atoms with van der Waals surface area (Å²) in [6.07, 6.45) is 7.33. The molecule has 0 aliphatic carbocycles. The van der Waals surface area contributed by atoms with Gasteiger partial charge in [0.05, 0.1) is 0 Å². The fourth-order valence-corrected chi connectivity index (χ4v) is 4.49. The largest absolute Gasteiger partial charge is 0.368 e. The molecule has 0 bridgehead atoms. The zero-order valence-corrected chi connectivity index (χ0v) is 21.7. The highest BCUT2D eigenvalue weighted by Crippen LogP contribution is 2.27. The highest BCUT2D eigenvalue weighted by atomic mass is 15.2. The number of hydrogen-bond donors (Lipinski definition) is 1. The molecule has 0 amide bonds. The van der Waals surface area contributed by atoms with Crippen LogP contribution in [-0.2, 0) is 6.42 Å². The molecule has 0 saturated carbocycles. The smallest absolute Gasteiger partial charge is 0.0368 e. The minimum Gasteiger partial charge on any atom is -0.368 e. The van der Waals surface area contributed by atoms with Crippen LogP contribution in [-0.4, -0.2) is 43.2 Å². The lowest BCUT2D eigenvalue weighted by atomic mass is 9.88. The molecule has 31 heavy (non-hydrogen) atoms. The van der Waals surface area contributed by atoms with Crippen molar-refractivity contribution in [3.8, 4) is 0 Å². The first-order valence-corrected chi connectivity index (χ1v) is 12.9. The Bertz CT molecular complexity index is 608. The van der Waals surface area contributed by atoms with Gasteiger partial charge >= 0.3 is 0 Å². The molecule has 1 unspecified atom stereocenters.